The van der Waals surface area contributed by atoms with Crippen LogP contribution in [0, 0.1) is 6.92 Å². The van der Waals surface area contributed by atoms with Gasteiger partial charge < -0.3 is 5.32 Å². The Hall–Kier alpha value is -2.87. The first-order valence-corrected chi connectivity index (χ1v) is 16.6. The quantitative estimate of drug-likeness (QED) is 0.233. The molecule has 0 aliphatic heterocycles. The summed E-state index contributed by atoms with van der Waals surface area (Å²) in [5.74, 6) is -0.336. The van der Waals surface area contributed by atoms with Crippen LogP contribution in [0.1, 0.15) is 49.4 Å². The molecular weight excluding hydrogens is 586 g/mol. The van der Waals surface area contributed by atoms with Gasteiger partial charge in [-0.25, -0.2) is 18.3 Å². The van der Waals surface area contributed by atoms with Crippen molar-refractivity contribution >= 4 is 37.7 Å². The minimum absolute atomic E-state index is 0.0412. The summed E-state index contributed by atoms with van der Waals surface area (Å²) in [6, 6.07) is 13.9. The molecule has 0 aliphatic carbocycles. The van der Waals surface area contributed by atoms with E-state index in [1.807, 2.05) is 43.5 Å². The van der Waals surface area contributed by atoms with Gasteiger partial charge in [0.25, 0.3) is 10.2 Å². The smallest absolute Gasteiger partial charge is 0.274 e. The molecule has 4 N–H and O–H groups in total. The Balaban J connectivity index is 1.87. The summed E-state index contributed by atoms with van der Waals surface area (Å²) in [6.07, 6.45) is 4.65. The highest BCUT2D eigenvalue weighted by molar-refractivity contribution is 7.89. The van der Waals surface area contributed by atoms with Crippen molar-refractivity contribution in [3.8, 4) is 11.1 Å². The fourth-order valence-electron chi connectivity index (χ4n) is 4.52. The SMILES string of the molecule is CCc1cnccc1-c1cccc([C@H](C)N(CCCC(=O)NCCNS(N)(=O)=O)S(=O)(=O)c2cccc(Cl)c2C)c1. The predicted molar refractivity (Wildman–Crippen MR) is 161 cm³/mol. The molecule has 1 aromatic heterocycles. The Bertz CT molecular complexity index is 1580. The number of pyridine rings is 1. The molecular formula is C28H36ClN5O5S2. The van der Waals surface area contributed by atoms with E-state index in [4.69, 9.17) is 16.7 Å². The van der Waals surface area contributed by atoms with Crippen molar-refractivity contribution in [3.05, 3.63) is 82.6 Å². The summed E-state index contributed by atoms with van der Waals surface area (Å²) in [4.78, 5) is 16.7. The van der Waals surface area contributed by atoms with Crippen molar-refractivity contribution in [3.63, 3.8) is 0 Å². The van der Waals surface area contributed by atoms with Crippen molar-refractivity contribution in [2.75, 3.05) is 19.6 Å². The number of nitrogens with one attached hydrogen (secondary N) is 2. The molecule has 3 rings (SSSR count). The maximum atomic E-state index is 14.0. The van der Waals surface area contributed by atoms with Crippen LogP contribution in [0.15, 0.2) is 65.8 Å². The third-order valence-electron chi connectivity index (χ3n) is 6.73. The number of carbonyl (C=O) groups excluding carboxylic acids is 1. The second kappa shape index (κ2) is 14.3. The van der Waals surface area contributed by atoms with Crippen molar-refractivity contribution in [1.82, 2.24) is 19.3 Å². The van der Waals surface area contributed by atoms with Crippen LogP contribution in [-0.2, 0) is 31.4 Å². The minimum atomic E-state index is -4.01. The number of hydrogen-bond donors (Lipinski definition) is 3. The number of amides is 1. The molecule has 0 saturated heterocycles. The lowest BCUT2D eigenvalue weighted by Crippen LogP contribution is -2.38. The number of carbonyl (C=O) groups is 1. The standard InChI is InChI=1S/C28H36ClN5O5S2/c1-4-22-19-31-14-13-25(22)24-9-5-8-23(18-24)21(3)34(40(36,37)27-11-6-10-26(29)20(27)2)17-7-12-28(35)32-15-16-33-41(30,38)39/h5-6,8-11,13-14,18-19,21,33H,4,7,12,15-17H2,1-3H3,(H,32,35)(H2,30,38,39)/t21-/m0/s1. The average Bonchev–Trinajstić information content (AvgIpc) is 2.94. The molecule has 1 atom stereocenters. The van der Waals surface area contributed by atoms with E-state index < -0.39 is 26.3 Å². The van der Waals surface area contributed by atoms with Gasteiger partial charge in [0.2, 0.25) is 15.9 Å². The molecule has 0 radical (unpaired) electrons. The van der Waals surface area contributed by atoms with Gasteiger partial charge >= 0.3 is 0 Å². The van der Waals surface area contributed by atoms with E-state index in [0.29, 0.717) is 10.6 Å². The van der Waals surface area contributed by atoms with Crippen LogP contribution in [0.2, 0.25) is 5.02 Å². The number of nitrogens with two attached hydrogens (primary N) is 1. The molecule has 0 saturated carbocycles. The zero-order valence-corrected chi connectivity index (χ0v) is 25.7. The van der Waals surface area contributed by atoms with Gasteiger partial charge in [-0.15, -0.1) is 0 Å². The number of benzene rings is 2. The number of aromatic nitrogens is 1. The van der Waals surface area contributed by atoms with Gasteiger partial charge in [-0.05, 0) is 78.8 Å². The van der Waals surface area contributed by atoms with E-state index in [9.17, 15) is 21.6 Å². The zero-order valence-electron chi connectivity index (χ0n) is 23.3. The van der Waals surface area contributed by atoms with Gasteiger partial charge in [0.05, 0.1) is 4.90 Å². The van der Waals surface area contributed by atoms with Gasteiger partial charge in [0.1, 0.15) is 0 Å². The number of sulfonamides is 1. The molecule has 0 unspecified atom stereocenters. The van der Waals surface area contributed by atoms with E-state index >= 15 is 0 Å². The summed E-state index contributed by atoms with van der Waals surface area (Å²) < 4.78 is 53.5. The Morgan fingerprint density at radius 1 is 1.10 bits per heavy atom. The summed E-state index contributed by atoms with van der Waals surface area (Å²) in [5.41, 5.74) is 4.32. The molecule has 41 heavy (non-hydrogen) atoms. The summed E-state index contributed by atoms with van der Waals surface area (Å²) >= 11 is 6.28. The lowest BCUT2D eigenvalue weighted by atomic mass is 9.97. The Morgan fingerprint density at radius 3 is 2.54 bits per heavy atom. The highest BCUT2D eigenvalue weighted by Crippen LogP contribution is 2.33. The Labute approximate surface area is 247 Å². The highest BCUT2D eigenvalue weighted by atomic mass is 35.5. The molecule has 0 spiro atoms. The molecule has 222 valence electrons. The monoisotopic (exact) mass is 621 g/mol. The molecule has 0 aliphatic rings. The summed E-state index contributed by atoms with van der Waals surface area (Å²) in [6.45, 7) is 5.61. The second-order valence-corrected chi connectivity index (χ2v) is 13.2. The van der Waals surface area contributed by atoms with Crippen LogP contribution in [0.25, 0.3) is 11.1 Å². The summed E-state index contributed by atoms with van der Waals surface area (Å²) in [7, 11) is -7.86. The van der Waals surface area contributed by atoms with Crippen LogP contribution in [0.4, 0.5) is 0 Å². The number of nitrogens with zero attached hydrogens (tertiary/aromatic N) is 2. The van der Waals surface area contributed by atoms with E-state index in [0.717, 1.165) is 28.7 Å². The van der Waals surface area contributed by atoms with Crippen molar-refractivity contribution in [2.45, 2.75) is 51.0 Å². The number of aryl methyl sites for hydroxylation is 1. The first-order chi connectivity index (χ1) is 19.3. The van der Waals surface area contributed by atoms with Gasteiger partial charge in [0, 0.05) is 49.5 Å². The molecule has 1 amide bonds. The highest BCUT2D eigenvalue weighted by Gasteiger charge is 2.31. The van der Waals surface area contributed by atoms with Crippen molar-refractivity contribution in [2.24, 2.45) is 5.14 Å². The van der Waals surface area contributed by atoms with Gasteiger partial charge in [-0.1, -0.05) is 42.8 Å². The molecule has 10 nitrogen and oxygen atoms in total. The van der Waals surface area contributed by atoms with E-state index in [-0.39, 0.29) is 43.3 Å². The third-order valence-corrected chi connectivity index (χ3v) is 9.86. The van der Waals surface area contributed by atoms with Crippen LogP contribution in [-0.4, -0.2) is 51.7 Å². The fraction of sp³-hybridized carbons (Fsp3) is 0.357. The predicted octanol–water partition coefficient (Wildman–Crippen LogP) is 3.71. The maximum Gasteiger partial charge on any atom is 0.274 e. The van der Waals surface area contributed by atoms with Crippen LogP contribution in [0.3, 0.4) is 0 Å². The molecule has 0 fully saturated rings. The van der Waals surface area contributed by atoms with Crippen molar-refractivity contribution < 1.29 is 21.6 Å². The van der Waals surface area contributed by atoms with E-state index in [1.54, 1.807) is 25.3 Å². The molecule has 1 heterocycles. The zero-order chi connectivity index (χ0) is 30.2. The van der Waals surface area contributed by atoms with E-state index in [1.165, 1.54) is 10.4 Å². The number of hydrogen-bond acceptors (Lipinski definition) is 6. The molecule has 2 aromatic carbocycles. The normalized spacial score (nSPS) is 12.8. The Morgan fingerprint density at radius 2 is 1.83 bits per heavy atom. The van der Waals surface area contributed by atoms with E-state index in [2.05, 4.69) is 21.9 Å². The lowest BCUT2D eigenvalue weighted by molar-refractivity contribution is -0.121. The fourth-order valence-corrected chi connectivity index (χ4v) is 7.04. The topological polar surface area (TPSA) is 152 Å². The van der Waals surface area contributed by atoms with Crippen LogP contribution in [0.5, 0.6) is 0 Å². The summed E-state index contributed by atoms with van der Waals surface area (Å²) in [5, 5.41) is 7.83. The second-order valence-electron chi connectivity index (χ2n) is 9.56. The van der Waals surface area contributed by atoms with Gasteiger partial charge in [-0.2, -0.15) is 12.7 Å². The average molecular weight is 622 g/mol. The third kappa shape index (κ3) is 8.81. The molecule has 3 aromatic rings. The maximum absolute atomic E-state index is 14.0. The van der Waals surface area contributed by atoms with Crippen molar-refractivity contribution in [1.29, 1.82) is 0 Å². The first-order valence-electron chi connectivity index (χ1n) is 13.2. The van der Waals surface area contributed by atoms with Gasteiger partial charge in [0.15, 0.2) is 0 Å². The number of halogens is 1. The van der Waals surface area contributed by atoms with Crippen LogP contribution >= 0.6 is 11.6 Å². The largest absolute Gasteiger partial charge is 0.355 e. The van der Waals surface area contributed by atoms with Crippen LogP contribution < -0.4 is 15.2 Å². The molecule has 13 heteroatoms. The number of rotatable bonds is 14. The molecule has 0 bridgehead atoms. The van der Waals surface area contributed by atoms with Gasteiger partial charge in [-0.3, -0.25) is 9.78 Å². The Kier molecular flexibility index (Phi) is 11.4. The first kappa shape index (κ1) is 32.6. The lowest BCUT2D eigenvalue weighted by Gasteiger charge is -2.30. The minimum Gasteiger partial charge on any atom is -0.355 e.